The summed E-state index contributed by atoms with van der Waals surface area (Å²) in [5.74, 6) is -1.67. The number of thiophene rings is 1. The lowest BCUT2D eigenvalue weighted by molar-refractivity contribution is -0.147. The van der Waals surface area contributed by atoms with E-state index in [0.29, 0.717) is 79.1 Å². The van der Waals surface area contributed by atoms with Crippen molar-refractivity contribution in [1.29, 1.82) is 10.5 Å². The number of nitriles is 2. The molecule has 0 aliphatic rings. The Morgan fingerprint density at radius 1 is 0.652 bits per heavy atom. The molecule has 2 unspecified atom stereocenters. The summed E-state index contributed by atoms with van der Waals surface area (Å²) >= 11 is 1.13. The number of aldehydes is 2. The predicted molar refractivity (Wildman–Crippen MR) is 272 cm³/mol. The number of azo groups is 1. The third-order valence-corrected chi connectivity index (χ3v) is 12.5. The van der Waals surface area contributed by atoms with Crippen molar-refractivity contribution < 1.29 is 42.9 Å². The van der Waals surface area contributed by atoms with Crippen molar-refractivity contribution in [3.63, 3.8) is 0 Å². The number of rotatable bonds is 42. The number of carbonyl (C=O) groups excluding carboxylic acids is 4. The first-order valence-electron chi connectivity index (χ1n) is 25.2. The number of hydrogen-bond acceptors (Lipinski definition) is 15. The Balaban J connectivity index is 1.82. The summed E-state index contributed by atoms with van der Waals surface area (Å²) in [6.45, 7) is 11.0. The molecule has 15 heteroatoms. The number of hydrogen-bond donors (Lipinski definition) is 0. The first kappa shape index (κ1) is 60.1. The van der Waals surface area contributed by atoms with Gasteiger partial charge in [-0.3, -0.25) is 9.59 Å². The molecule has 0 N–H and O–H groups in total. The molecule has 0 aliphatic carbocycles. The van der Waals surface area contributed by atoms with Crippen molar-refractivity contribution in [2.75, 3.05) is 70.8 Å². The van der Waals surface area contributed by atoms with E-state index in [4.69, 9.17) is 23.7 Å². The SMILES string of the molecule is CCCCCCC/C=C/CC(C=O)CC(=O)OCCOCCOCCN(CCOCCOC(=O)CC(C=O)C/C=C/CCCCCCCCC)c1ccc(/N=N/c2sc(C#N)c(C)c2C#N)c(C)c1. The third kappa shape index (κ3) is 27.7. The van der Waals surface area contributed by atoms with Crippen LogP contribution in [0.4, 0.5) is 16.4 Å². The molecule has 0 saturated heterocycles. The summed E-state index contributed by atoms with van der Waals surface area (Å²) < 4.78 is 28.0. The highest BCUT2D eigenvalue weighted by Crippen LogP contribution is 2.36. The van der Waals surface area contributed by atoms with Gasteiger partial charge in [0.05, 0.1) is 63.7 Å². The van der Waals surface area contributed by atoms with E-state index in [0.717, 1.165) is 60.8 Å². The quantitative estimate of drug-likeness (QED) is 0.0201. The monoisotopic (exact) mass is 974 g/mol. The van der Waals surface area contributed by atoms with Gasteiger partial charge in [-0.1, -0.05) is 102 Å². The zero-order valence-corrected chi connectivity index (χ0v) is 42.8. The highest BCUT2D eigenvalue weighted by molar-refractivity contribution is 7.16. The summed E-state index contributed by atoms with van der Waals surface area (Å²) in [4.78, 5) is 50.5. The van der Waals surface area contributed by atoms with Gasteiger partial charge in [0.1, 0.15) is 42.8 Å². The maximum Gasteiger partial charge on any atom is 0.306 e. The van der Waals surface area contributed by atoms with Crippen LogP contribution in [0.2, 0.25) is 0 Å². The van der Waals surface area contributed by atoms with Crippen LogP contribution in [0.1, 0.15) is 151 Å². The molecule has 2 atom stereocenters. The highest BCUT2D eigenvalue weighted by atomic mass is 32.1. The van der Waals surface area contributed by atoms with Crippen molar-refractivity contribution in [3.8, 4) is 12.1 Å². The number of esters is 2. The molecule has 1 aromatic carbocycles. The van der Waals surface area contributed by atoms with Crippen LogP contribution < -0.4 is 4.90 Å². The minimum Gasteiger partial charge on any atom is -0.463 e. The predicted octanol–water partition coefficient (Wildman–Crippen LogP) is 12.3. The zero-order valence-electron chi connectivity index (χ0n) is 42.0. The van der Waals surface area contributed by atoms with Gasteiger partial charge in [0.15, 0.2) is 5.00 Å². The van der Waals surface area contributed by atoms with Crippen LogP contribution in [0.15, 0.2) is 52.7 Å². The third-order valence-electron chi connectivity index (χ3n) is 11.4. The van der Waals surface area contributed by atoms with E-state index in [9.17, 15) is 29.7 Å². The fraction of sp³-hybridized carbons (Fsp3) is 0.630. The minimum atomic E-state index is -0.429. The zero-order chi connectivity index (χ0) is 50.2. The second-order valence-corrected chi connectivity index (χ2v) is 18.1. The number of nitrogens with zero attached hydrogens (tertiary/aromatic N) is 5. The van der Waals surface area contributed by atoms with E-state index in [1.54, 1.807) is 6.92 Å². The molecule has 0 bridgehead atoms. The number of unbranched alkanes of at least 4 members (excludes halogenated alkanes) is 12. The average Bonchev–Trinajstić information content (AvgIpc) is 3.67. The van der Waals surface area contributed by atoms with E-state index in [1.807, 2.05) is 37.3 Å². The molecule has 0 aliphatic heterocycles. The number of allylic oxidation sites excluding steroid dienone is 4. The van der Waals surface area contributed by atoms with Crippen molar-refractivity contribution in [1.82, 2.24) is 0 Å². The first-order chi connectivity index (χ1) is 33.7. The average molecular weight is 974 g/mol. The normalized spacial score (nSPS) is 12.3. The van der Waals surface area contributed by atoms with Gasteiger partial charge in [-0.15, -0.1) is 21.6 Å². The molecule has 380 valence electrons. The molecule has 14 nitrogen and oxygen atoms in total. The molecule has 0 spiro atoms. The van der Waals surface area contributed by atoms with E-state index in [2.05, 4.69) is 53.3 Å². The maximum atomic E-state index is 12.5. The smallest absolute Gasteiger partial charge is 0.306 e. The van der Waals surface area contributed by atoms with Crippen LogP contribution in [0.25, 0.3) is 0 Å². The fourth-order valence-corrected chi connectivity index (χ4v) is 8.09. The molecule has 69 heavy (non-hydrogen) atoms. The molecule has 1 aromatic heterocycles. The Kier molecular flexibility index (Phi) is 34.6. The van der Waals surface area contributed by atoms with Crippen LogP contribution in [0, 0.1) is 48.3 Å². The van der Waals surface area contributed by atoms with Crippen molar-refractivity contribution in [3.05, 3.63) is 64.1 Å². The van der Waals surface area contributed by atoms with Crippen LogP contribution in [-0.2, 0) is 42.9 Å². The number of anilines is 1. The Morgan fingerprint density at radius 2 is 1.14 bits per heavy atom. The summed E-state index contributed by atoms with van der Waals surface area (Å²) in [5.41, 5.74) is 3.28. The summed E-state index contributed by atoms with van der Waals surface area (Å²) in [6, 6.07) is 9.96. The van der Waals surface area contributed by atoms with Gasteiger partial charge < -0.3 is 38.2 Å². The number of ether oxygens (including phenoxy) is 5. The van der Waals surface area contributed by atoms with Gasteiger partial charge in [0, 0.05) is 30.6 Å². The summed E-state index contributed by atoms with van der Waals surface area (Å²) in [6.07, 6.45) is 27.7. The minimum absolute atomic E-state index is 0.0281. The largest absolute Gasteiger partial charge is 0.463 e. The van der Waals surface area contributed by atoms with Gasteiger partial charge in [-0.05, 0) is 81.7 Å². The lowest BCUT2D eigenvalue weighted by Crippen LogP contribution is -2.31. The Hall–Kier alpha value is -5.06. The molecule has 0 saturated carbocycles. The lowest BCUT2D eigenvalue weighted by Gasteiger charge is -2.25. The van der Waals surface area contributed by atoms with Gasteiger partial charge in [-0.2, -0.15) is 10.5 Å². The maximum absolute atomic E-state index is 12.5. The topological polar surface area (TPSA) is 190 Å². The molecule has 0 amide bonds. The Labute approximate surface area is 416 Å². The standard InChI is InChI=1S/C54H79N5O9S/c1-5-7-9-11-13-15-16-18-20-22-24-46(42-60)38-52(62)67-35-33-65-30-28-59(48-25-26-50(44(3)37-48)57-58-54-49(40-55)45(4)51(41-56)69-54)27-29-64-31-32-66-34-36-68-53(63)39-47(43-61)23-21-19-17-14-12-10-8-6-2/h19-22,25-26,37,42-43,46-47H,5-18,23-24,27-36,38-39H2,1-4H3/b21-19+,22-20+,58-57+. The number of benzene rings is 1. The van der Waals surface area contributed by atoms with Crippen molar-refractivity contribution in [2.24, 2.45) is 22.1 Å². The molecular weight excluding hydrogens is 895 g/mol. The Morgan fingerprint density at radius 3 is 1.62 bits per heavy atom. The molecule has 1 heterocycles. The highest BCUT2D eigenvalue weighted by Gasteiger charge is 2.17. The number of carbonyl (C=O) groups is 4. The lowest BCUT2D eigenvalue weighted by atomic mass is 10.0. The first-order valence-corrected chi connectivity index (χ1v) is 26.0. The second kappa shape index (κ2) is 39.8. The van der Waals surface area contributed by atoms with E-state index in [1.165, 1.54) is 64.2 Å². The van der Waals surface area contributed by atoms with Gasteiger partial charge in [0.2, 0.25) is 0 Å². The van der Waals surface area contributed by atoms with Crippen LogP contribution in [-0.4, -0.2) is 90.5 Å². The molecule has 0 fully saturated rings. The van der Waals surface area contributed by atoms with E-state index in [-0.39, 0.29) is 39.3 Å². The molecule has 2 rings (SSSR count). The van der Waals surface area contributed by atoms with Gasteiger partial charge in [0.25, 0.3) is 0 Å². The van der Waals surface area contributed by atoms with E-state index < -0.39 is 23.8 Å². The van der Waals surface area contributed by atoms with Crippen LogP contribution in [0.5, 0.6) is 0 Å². The molecule has 0 radical (unpaired) electrons. The summed E-state index contributed by atoms with van der Waals surface area (Å²) in [7, 11) is 0. The van der Waals surface area contributed by atoms with E-state index >= 15 is 0 Å². The van der Waals surface area contributed by atoms with Crippen LogP contribution >= 0.6 is 11.3 Å². The Bertz CT molecular complexity index is 1930. The fourth-order valence-electron chi connectivity index (χ4n) is 7.21. The summed E-state index contributed by atoms with van der Waals surface area (Å²) in [5, 5.41) is 28.1. The van der Waals surface area contributed by atoms with Crippen molar-refractivity contribution in [2.45, 2.75) is 143 Å². The molecular formula is C54H79N5O9S. The van der Waals surface area contributed by atoms with Crippen LogP contribution in [0.3, 0.4) is 0 Å². The van der Waals surface area contributed by atoms with Crippen molar-refractivity contribution >= 4 is 52.2 Å². The molecule has 2 aromatic rings. The van der Waals surface area contributed by atoms with Gasteiger partial charge in [-0.25, -0.2) is 0 Å². The van der Waals surface area contributed by atoms with Gasteiger partial charge >= 0.3 is 11.9 Å². The second-order valence-electron chi connectivity index (χ2n) is 17.1. The number of aryl methyl sites for hydroxylation is 1.